The van der Waals surface area contributed by atoms with Crippen LogP contribution in [-0.2, 0) is 14.8 Å². The van der Waals surface area contributed by atoms with Crippen LogP contribution < -0.4 is 15.0 Å². The molecule has 2 N–H and O–H groups in total. The number of hydrazone groups is 1. The van der Waals surface area contributed by atoms with Crippen molar-refractivity contribution in [1.82, 2.24) is 5.43 Å². The lowest BCUT2D eigenvalue weighted by Gasteiger charge is -2.21. The van der Waals surface area contributed by atoms with Crippen molar-refractivity contribution in [2.75, 3.05) is 22.4 Å². The first-order valence-corrected chi connectivity index (χ1v) is 12.9. The van der Waals surface area contributed by atoms with Crippen LogP contribution in [0.2, 0.25) is 10.0 Å². The van der Waals surface area contributed by atoms with Gasteiger partial charge in [-0.3, -0.25) is 13.9 Å². The molecule has 3 aromatic rings. The minimum atomic E-state index is -3.73. The molecule has 11 heteroatoms. The highest BCUT2D eigenvalue weighted by Gasteiger charge is 2.20. The van der Waals surface area contributed by atoms with Crippen molar-refractivity contribution in [3.05, 3.63) is 94.0 Å². The zero-order valence-corrected chi connectivity index (χ0v) is 21.2. The molecule has 0 fully saturated rings. The third-order valence-electron chi connectivity index (χ3n) is 4.78. The molecular weight excluding hydrogens is 511 g/mol. The van der Waals surface area contributed by atoms with E-state index in [-0.39, 0.29) is 5.91 Å². The molecule has 0 aliphatic carbocycles. The number of amides is 2. The van der Waals surface area contributed by atoms with Gasteiger partial charge in [-0.15, -0.1) is 0 Å². The van der Waals surface area contributed by atoms with Crippen molar-refractivity contribution < 1.29 is 18.0 Å². The van der Waals surface area contributed by atoms with Gasteiger partial charge in [0.05, 0.1) is 17.7 Å². The molecule has 0 unspecified atom stereocenters. The molecule has 0 saturated heterocycles. The van der Waals surface area contributed by atoms with E-state index >= 15 is 0 Å². The molecule has 0 aliphatic rings. The van der Waals surface area contributed by atoms with Crippen molar-refractivity contribution in [3.63, 3.8) is 0 Å². The number of rotatable bonds is 8. The quantitative estimate of drug-likeness (QED) is 0.327. The Morgan fingerprint density at radius 3 is 2.23 bits per heavy atom. The molecule has 3 aromatic carbocycles. The van der Waals surface area contributed by atoms with Gasteiger partial charge in [0, 0.05) is 21.3 Å². The number of anilines is 2. The molecule has 0 atom stereocenters. The summed E-state index contributed by atoms with van der Waals surface area (Å²) in [7, 11) is -3.73. The van der Waals surface area contributed by atoms with Gasteiger partial charge in [0.25, 0.3) is 11.8 Å². The lowest BCUT2D eigenvalue weighted by Crippen LogP contribution is -2.39. The van der Waals surface area contributed by atoms with Gasteiger partial charge in [0.15, 0.2) is 0 Å². The van der Waals surface area contributed by atoms with Crippen LogP contribution in [0.5, 0.6) is 0 Å². The Hall–Kier alpha value is -3.40. The van der Waals surface area contributed by atoms with Crippen molar-refractivity contribution in [1.29, 1.82) is 0 Å². The molecule has 0 saturated carbocycles. The second-order valence-electron chi connectivity index (χ2n) is 7.52. The molecular formula is C24H22Cl2N4O4S. The number of sulfonamides is 1. The Morgan fingerprint density at radius 2 is 1.57 bits per heavy atom. The molecule has 0 spiro atoms. The zero-order valence-electron chi connectivity index (χ0n) is 18.8. The number of halogens is 2. The molecule has 0 aromatic heterocycles. The highest BCUT2D eigenvalue weighted by Crippen LogP contribution is 2.20. The van der Waals surface area contributed by atoms with Crippen molar-refractivity contribution >= 4 is 62.1 Å². The summed E-state index contributed by atoms with van der Waals surface area (Å²) in [6, 6.07) is 19.6. The lowest BCUT2D eigenvalue weighted by molar-refractivity contribution is -0.119. The summed E-state index contributed by atoms with van der Waals surface area (Å²) in [5, 5.41) is 7.76. The van der Waals surface area contributed by atoms with E-state index in [0.717, 1.165) is 10.6 Å². The van der Waals surface area contributed by atoms with E-state index in [9.17, 15) is 18.0 Å². The first-order valence-electron chi connectivity index (χ1n) is 10.3. The highest BCUT2D eigenvalue weighted by molar-refractivity contribution is 7.92. The molecule has 8 nitrogen and oxygen atoms in total. The van der Waals surface area contributed by atoms with Gasteiger partial charge in [0.1, 0.15) is 6.54 Å². The first kappa shape index (κ1) is 26.2. The number of carbonyl (C=O) groups excluding carboxylic acids is 2. The fourth-order valence-electron chi connectivity index (χ4n) is 3.04. The van der Waals surface area contributed by atoms with Crippen LogP contribution in [-0.4, -0.2) is 38.7 Å². The van der Waals surface area contributed by atoms with Crippen LogP contribution >= 0.6 is 23.2 Å². The average molecular weight is 533 g/mol. The van der Waals surface area contributed by atoms with E-state index in [4.69, 9.17) is 23.2 Å². The number of benzene rings is 3. The number of carbonyl (C=O) groups is 2. The molecule has 3 rings (SSSR count). The van der Waals surface area contributed by atoms with E-state index in [2.05, 4.69) is 15.8 Å². The second kappa shape index (κ2) is 11.4. The third-order valence-corrected chi connectivity index (χ3v) is 6.40. The lowest BCUT2D eigenvalue weighted by atomic mass is 10.1. The molecule has 182 valence electrons. The van der Waals surface area contributed by atoms with Crippen LogP contribution in [0.25, 0.3) is 0 Å². The Labute approximate surface area is 213 Å². The molecule has 35 heavy (non-hydrogen) atoms. The molecule has 0 bridgehead atoms. The number of hydrogen-bond donors (Lipinski definition) is 2. The van der Waals surface area contributed by atoms with Gasteiger partial charge >= 0.3 is 0 Å². The zero-order chi connectivity index (χ0) is 25.6. The van der Waals surface area contributed by atoms with Crippen molar-refractivity contribution in [2.45, 2.75) is 6.92 Å². The number of nitrogens with zero attached hydrogens (tertiary/aromatic N) is 2. The summed E-state index contributed by atoms with van der Waals surface area (Å²) in [5.74, 6) is -0.953. The monoisotopic (exact) mass is 532 g/mol. The average Bonchev–Trinajstić information content (AvgIpc) is 2.81. The Bertz CT molecular complexity index is 1380. The van der Waals surface area contributed by atoms with Gasteiger partial charge < -0.3 is 5.32 Å². The van der Waals surface area contributed by atoms with E-state index in [1.54, 1.807) is 55.5 Å². The summed E-state index contributed by atoms with van der Waals surface area (Å²) < 4.78 is 25.3. The van der Waals surface area contributed by atoms with Crippen LogP contribution in [0.4, 0.5) is 11.4 Å². The second-order valence-corrected chi connectivity index (χ2v) is 10.3. The van der Waals surface area contributed by atoms with E-state index in [1.165, 1.54) is 24.3 Å². The van der Waals surface area contributed by atoms with E-state index < -0.39 is 22.5 Å². The predicted octanol–water partition coefficient (Wildman–Crippen LogP) is 4.55. The fourth-order valence-corrected chi connectivity index (χ4v) is 4.21. The van der Waals surface area contributed by atoms with Crippen molar-refractivity contribution in [3.8, 4) is 0 Å². The molecule has 0 aliphatic heterocycles. The topological polar surface area (TPSA) is 108 Å². The summed E-state index contributed by atoms with van der Waals surface area (Å²) in [6.45, 7) is 1.21. The Morgan fingerprint density at radius 1 is 0.914 bits per heavy atom. The summed E-state index contributed by atoms with van der Waals surface area (Å²) in [5.41, 5.74) is 4.71. The normalized spacial score (nSPS) is 11.6. The highest BCUT2D eigenvalue weighted by atomic mass is 35.5. The maximum atomic E-state index is 12.5. The SMILES string of the molecule is C/C(=N/NC(=O)CN(c1ccc(Cl)cc1)S(C)(=O)=O)c1cccc(NC(=O)c2cccc(Cl)c2)c1. The standard InChI is InChI=1S/C24H22Cl2N4O4S/c1-16(17-5-4-8-21(14-17)27-24(32)18-6-3-7-20(26)13-18)28-29-23(31)15-30(35(2,33)34)22-11-9-19(25)10-12-22/h3-14H,15H2,1-2H3,(H,27,32)(H,29,31)/b28-16-. The smallest absolute Gasteiger partial charge is 0.260 e. The Balaban J connectivity index is 1.68. The van der Waals surface area contributed by atoms with Gasteiger partial charge in [0.2, 0.25) is 10.0 Å². The minimum Gasteiger partial charge on any atom is -0.322 e. The summed E-state index contributed by atoms with van der Waals surface area (Å²) in [4.78, 5) is 24.9. The van der Waals surface area contributed by atoms with Crippen LogP contribution in [0.3, 0.4) is 0 Å². The number of nitrogens with one attached hydrogen (secondary N) is 2. The van der Waals surface area contributed by atoms with Gasteiger partial charge in [-0.05, 0) is 67.1 Å². The van der Waals surface area contributed by atoms with E-state index in [1.807, 2.05) is 0 Å². The maximum Gasteiger partial charge on any atom is 0.260 e. The maximum absolute atomic E-state index is 12.5. The van der Waals surface area contributed by atoms with Gasteiger partial charge in [-0.2, -0.15) is 5.10 Å². The summed E-state index contributed by atoms with van der Waals surface area (Å²) >= 11 is 11.8. The fraction of sp³-hybridized carbons (Fsp3) is 0.125. The van der Waals surface area contributed by atoms with Gasteiger partial charge in [-0.25, -0.2) is 13.8 Å². The first-order chi connectivity index (χ1) is 16.5. The van der Waals surface area contributed by atoms with Crippen LogP contribution in [0.1, 0.15) is 22.8 Å². The van der Waals surface area contributed by atoms with Crippen LogP contribution in [0, 0.1) is 0 Å². The molecule has 2 amide bonds. The molecule has 0 heterocycles. The Kier molecular flexibility index (Phi) is 8.50. The van der Waals surface area contributed by atoms with Crippen LogP contribution in [0.15, 0.2) is 77.9 Å². The number of hydrogen-bond acceptors (Lipinski definition) is 5. The molecule has 0 radical (unpaired) electrons. The third kappa shape index (κ3) is 7.54. The largest absolute Gasteiger partial charge is 0.322 e. The van der Waals surface area contributed by atoms with Gasteiger partial charge in [-0.1, -0.05) is 41.4 Å². The predicted molar refractivity (Wildman–Crippen MR) is 140 cm³/mol. The minimum absolute atomic E-state index is 0.302. The van der Waals surface area contributed by atoms with Crippen molar-refractivity contribution in [2.24, 2.45) is 5.10 Å². The van der Waals surface area contributed by atoms with E-state index in [0.29, 0.717) is 38.3 Å². The summed E-state index contributed by atoms with van der Waals surface area (Å²) in [6.07, 6.45) is 1.01.